The number of nitrogens with zero attached hydrogens (tertiary/aromatic N) is 2. The molecule has 0 radical (unpaired) electrons. The van der Waals surface area contributed by atoms with Gasteiger partial charge < -0.3 is 41.0 Å². The Morgan fingerprint density at radius 1 is 0.587 bits per heavy atom. The second-order valence-electron chi connectivity index (χ2n) is 7.29. The van der Waals surface area contributed by atoms with Crippen molar-refractivity contribution in [1.29, 1.82) is 0 Å². The van der Waals surface area contributed by atoms with E-state index in [1.165, 1.54) is 26.0 Å². The third kappa shape index (κ3) is 26.2. The number of para-hydroxylation sites is 2. The van der Waals surface area contributed by atoms with Crippen LogP contribution in [0.5, 0.6) is 11.5 Å². The Morgan fingerprint density at radius 3 is 0.978 bits per heavy atom. The van der Waals surface area contributed by atoms with Crippen LogP contribution >= 0.6 is 0 Å². The zero-order valence-corrected chi connectivity index (χ0v) is 25.8. The van der Waals surface area contributed by atoms with Crippen molar-refractivity contribution < 1.29 is 110 Å². The van der Waals surface area contributed by atoms with E-state index < -0.39 is 24.3 Å². The van der Waals surface area contributed by atoms with Crippen LogP contribution < -0.4 is 31.3 Å². The molecule has 0 aliphatic carbocycles. The summed E-state index contributed by atoms with van der Waals surface area (Å²) in [5.41, 5.74) is 6.58. The molecular weight excluding hydrogens is 736 g/mol. The number of hydrazone groups is 2. The summed E-state index contributed by atoms with van der Waals surface area (Å²) in [6.45, 7) is 6.07. The Balaban J connectivity index is -0.000000118. The Labute approximate surface area is 277 Å². The van der Waals surface area contributed by atoms with Gasteiger partial charge in [0, 0.05) is 13.8 Å². The molecule has 0 bridgehead atoms. The Kier molecular flexibility index (Phi) is 30.7. The van der Waals surface area contributed by atoms with Gasteiger partial charge in [0.05, 0.1) is 11.4 Å². The van der Waals surface area contributed by atoms with Gasteiger partial charge in [-0.15, -0.1) is 0 Å². The van der Waals surface area contributed by atoms with E-state index in [-0.39, 0.29) is 67.2 Å². The molecule has 0 aliphatic heterocycles. The van der Waals surface area contributed by atoms with Crippen LogP contribution in [-0.4, -0.2) is 47.5 Å². The second kappa shape index (κ2) is 26.0. The summed E-state index contributed by atoms with van der Waals surface area (Å²) in [7, 11) is 0. The first-order valence-electron chi connectivity index (χ1n) is 10.8. The number of amides is 2. The second-order valence-corrected chi connectivity index (χ2v) is 7.29. The summed E-state index contributed by atoms with van der Waals surface area (Å²) in [6, 6.07) is 13.1. The average molecular weight is 764 g/mol. The zero-order chi connectivity index (χ0) is 33.3. The number of carbonyl (C=O) groups excluding carboxylic acids is 4. The summed E-state index contributed by atoms with van der Waals surface area (Å²) in [5.74, 6) is -6.72. The maximum atomic E-state index is 11.3. The van der Waals surface area contributed by atoms with Gasteiger partial charge >= 0.3 is 45.3 Å². The first kappa shape index (κ1) is 54.2. The van der Waals surface area contributed by atoms with Crippen LogP contribution in [0.2, 0.25) is 0 Å². The Morgan fingerprint density at radius 2 is 0.804 bits per heavy atom. The zero-order valence-electron chi connectivity index (χ0n) is 23.8. The molecule has 2 amide bonds. The predicted octanol–water partition coefficient (Wildman–Crippen LogP) is -2.01. The van der Waals surface area contributed by atoms with Gasteiger partial charge in [-0.05, 0) is 25.0 Å². The maximum Gasteiger partial charge on any atom is 2.00 e. The smallest absolute Gasteiger partial charge is 0.872 e. The summed E-state index contributed by atoms with van der Waals surface area (Å²) in [5, 5.41) is 47.7. The SMILES string of the molecule is CC(=O)N/N=C(\C)c1ccccc1[O-].CC(=O)N/N=C(\C)c1ccccc1[O-].O=C([O-])C(F)(F)F.O=C([O-])C(F)(F)F.[Ni+2].[Ni+2].[OH3+].[OH3+]. The van der Waals surface area contributed by atoms with Crippen LogP contribution in [0.1, 0.15) is 38.8 Å². The van der Waals surface area contributed by atoms with Crippen molar-refractivity contribution in [1.82, 2.24) is 10.9 Å². The minimum atomic E-state index is -5.19. The number of nitrogens with one attached hydrogen (secondary N) is 2. The molecule has 2 aromatic rings. The number of aliphatic carboxylic acids is 2. The van der Waals surface area contributed by atoms with Gasteiger partial charge in [0.15, 0.2) is 0 Å². The molecule has 8 N–H and O–H groups in total. The molecule has 0 saturated heterocycles. The van der Waals surface area contributed by atoms with E-state index >= 15 is 0 Å². The molecule has 46 heavy (non-hydrogen) atoms. The normalized spacial score (nSPS) is 10.2. The fourth-order valence-electron chi connectivity index (χ4n) is 1.98. The molecule has 264 valence electrons. The van der Waals surface area contributed by atoms with Gasteiger partial charge in [-0.25, -0.2) is 10.9 Å². The number of carbonyl (C=O) groups is 4. The minimum absolute atomic E-state index is 0. The van der Waals surface area contributed by atoms with E-state index in [9.17, 15) is 46.1 Å². The van der Waals surface area contributed by atoms with E-state index in [4.69, 9.17) is 19.8 Å². The van der Waals surface area contributed by atoms with Gasteiger partial charge in [0.2, 0.25) is 11.8 Å². The van der Waals surface area contributed by atoms with Crippen LogP contribution in [0.3, 0.4) is 0 Å². The number of carboxylic acids is 2. The molecule has 0 heterocycles. The van der Waals surface area contributed by atoms with E-state index in [0.717, 1.165) is 0 Å². The molecule has 0 unspecified atom stereocenters. The van der Waals surface area contributed by atoms with E-state index in [0.29, 0.717) is 22.6 Å². The van der Waals surface area contributed by atoms with Crippen LogP contribution in [0.4, 0.5) is 26.3 Å². The van der Waals surface area contributed by atoms with Crippen molar-refractivity contribution in [2.45, 2.75) is 40.0 Å². The largest absolute Gasteiger partial charge is 2.00 e. The number of hydrogen-bond acceptors (Lipinski definition) is 10. The van der Waals surface area contributed by atoms with Crippen molar-refractivity contribution in [3.05, 3.63) is 59.7 Å². The Bertz CT molecular complexity index is 1200. The summed E-state index contributed by atoms with van der Waals surface area (Å²) in [4.78, 5) is 38.7. The average Bonchev–Trinajstić information content (AvgIpc) is 2.86. The van der Waals surface area contributed by atoms with Gasteiger partial charge in [0.1, 0.15) is 11.9 Å². The third-order valence-corrected chi connectivity index (χ3v) is 3.78. The Hall–Kier alpha value is -4.25. The number of benzene rings is 2. The molecule has 2 aromatic carbocycles. The fourth-order valence-corrected chi connectivity index (χ4v) is 1.98. The summed E-state index contributed by atoms with van der Waals surface area (Å²) < 4.78 is 63.1. The minimum Gasteiger partial charge on any atom is -0.872 e. The molecule has 0 spiro atoms. The molecule has 0 atom stereocenters. The number of alkyl halides is 6. The quantitative estimate of drug-likeness (QED) is 0.115. The standard InChI is InChI=1S/2C10H12N2O2.2C2HF3O2.2Ni.2H2O/c2*1-7(11-12-8(2)13)9-5-3-4-6-10(9)14;2*3-2(4,5)1(6)7;;;;/h2*3-6,14H,1-2H3,(H,12,13);2*(H,6,7);;;2*1H2/q;;;;2*+2;;/p-2/b2*11-7+;;;;;;. The van der Waals surface area contributed by atoms with Crippen molar-refractivity contribution in [3.8, 4) is 11.5 Å². The first-order valence-corrected chi connectivity index (χ1v) is 10.8. The van der Waals surface area contributed by atoms with Crippen LogP contribution in [0.15, 0.2) is 58.7 Å². The van der Waals surface area contributed by atoms with Crippen LogP contribution in [0, 0.1) is 0 Å². The van der Waals surface area contributed by atoms with Crippen LogP contribution in [0.25, 0.3) is 0 Å². The number of carboxylic acid groups (broad SMARTS) is 2. The van der Waals surface area contributed by atoms with Gasteiger partial charge in [-0.3, -0.25) is 9.59 Å². The predicted molar refractivity (Wildman–Crippen MR) is 136 cm³/mol. The molecule has 0 fully saturated rings. The fraction of sp³-hybridized carbons (Fsp3) is 0.250. The molecule has 22 heteroatoms. The van der Waals surface area contributed by atoms with Gasteiger partial charge in [-0.1, -0.05) is 60.0 Å². The molecule has 0 aromatic heterocycles. The summed E-state index contributed by atoms with van der Waals surface area (Å²) >= 11 is 0. The number of rotatable bonds is 4. The van der Waals surface area contributed by atoms with Crippen molar-refractivity contribution in [3.63, 3.8) is 0 Å². The first-order chi connectivity index (χ1) is 19.1. The van der Waals surface area contributed by atoms with Crippen molar-refractivity contribution in [2.75, 3.05) is 0 Å². The third-order valence-electron chi connectivity index (χ3n) is 3.78. The van der Waals surface area contributed by atoms with Crippen LogP contribution in [-0.2, 0) is 63.1 Å². The maximum absolute atomic E-state index is 11.3. The molecule has 14 nitrogen and oxygen atoms in total. The number of halogens is 6. The van der Waals surface area contributed by atoms with E-state index in [1.54, 1.807) is 50.2 Å². The van der Waals surface area contributed by atoms with Crippen molar-refractivity contribution in [2.24, 2.45) is 10.2 Å². The topological polar surface area (TPSA) is 275 Å². The van der Waals surface area contributed by atoms with Crippen molar-refractivity contribution >= 4 is 35.2 Å². The molecule has 0 saturated carbocycles. The molecule has 2 rings (SSSR count). The van der Waals surface area contributed by atoms with E-state index in [1.807, 2.05) is 0 Å². The van der Waals surface area contributed by atoms with E-state index in [2.05, 4.69) is 21.1 Å². The molecule has 0 aliphatic rings. The van der Waals surface area contributed by atoms with Gasteiger partial charge in [0.25, 0.3) is 0 Å². The van der Waals surface area contributed by atoms with Gasteiger partial charge in [-0.2, -0.15) is 36.5 Å². The number of hydrogen-bond donors (Lipinski definition) is 2. The molecular formula is C24H28F6N4Ni2O10+2. The monoisotopic (exact) mass is 762 g/mol. The summed E-state index contributed by atoms with van der Waals surface area (Å²) in [6.07, 6.45) is -10.4.